The summed E-state index contributed by atoms with van der Waals surface area (Å²) in [6.07, 6.45) is 0. The van der Waals surface area contributed by atoms with Crippen molar-refractivity contribution in [3.8, 4) is 0 Å². The Kier molecular flexibility index (Phi) is 3.99. The summed E-state index contributed by atoms with van der Waals surface area (Å²) < 4.78 is 0. The SMILES string of the molecule is CC(C)(CO)C(CO)NC(N)=O. The van der Waals surface area contributed by atoms with E-state index in [1.54, 1.807) is 13.8 Å². The number of aliphatic hydroxyl groups excluding tert-OH is 2. The van der Waals surface area contributed by atoms with Crippen molar-refractivity contribution in [2.75, 3.05) is 13.2 Å². The van der Waals surface area contributed by atoms with E-state index in [9.17, 15) is 4.79 Å². The number of carbonyl (C=O) groups excluding carboxylic acids is 1. The molecule has 0 aromatic carbocycles. The minimum absolute atomic E-state index is 0.126. The van der Waals surface area contributed by atoms with Gasteiger partial charge in [-0.25, -0.2) is 4.79 Å². The number of aliphatic hydroxyl groups is 2. The monoisotopic (exact) mass is 176 g/mol. The molecule has 0 aliphatic carbocycles. The van der Waals surface area contributed by atoms with Crippen molar-refractivity contribution in [3.05, 3.63) is 0 Å². The summed E-state index contributed by atoms with van der Waals surface area (Å²) in [6.45, 7) is 3.09. The van der Waals surface area contributed by atoms with Gasteiger partial charge in [-0.3, -0.25) is 0 Å². The topological polar surface area (TPSA) is 95.6 Å². The van der Waals surface area contributed by atoms with Crippen LogP contribution in [0.3, 0.4) is 0 Å². The molecule has 0 bridgehead atoms. The first-order valence-corrected chi connectivity index (χ1v) is 3.71. The van der Waals surface area contributed by atoms with Crippen molar-refractivity contribution in [3.63, 3.8) is 0 Å². The fraction of sp³-hybridized carbons (Fsp3) is 0.857. The van der Waals surface area contributed by atoms with E-state index in [0.29, 0.717) is 0 Å². The maximum atomic E-state index is 10.4. The van der Waals surface area contributed by atoms with E-state index in [1.807, 2.05) is 0 Å². The lowest BCUT2D eigenvalue weighted by atomic mass is 9.86. The first-order chi connectivity index (χ1) is 5.44. The van der Waals surface area contributed by atoms with Gasteiger partial charge in [-0.05, 0) is 0 Å². The molecule has 2 amide bonds. The molecule has 0 aromatic rings. The number of amides is 2. The minimum atomic E-state index is -0.699. The van der Waals surface area contributed by atoms with Crippen molar-refractivity contribution < 1.29 is 15.0 Å². The maximum Gasteiger partial charge on any atom is 0.312 e. The molecule has 1 unspecified atom stereocenters. The standard InChI is InChI=1S/C7H16N2O3/c1-7(2,4-11)5(3-10)9-6(8)12/h5,10-11H,3-4H2,1-2H3,(H3,8,9,12). The Morgan fingerprint density at radius 2 is 2.08 bits per heavy atom. The Balaban J connectivity index is 4.23. The van der Waals surface area contributed by atoms with Gasteiger partial charge in [-0.15, -0.1) is 0 Å². The number of nitrogens with one attached hydrogen (secondary N) is 1. The number of carbonyl (C=O) groups is 1. The van der Waals surface area contributed by atoms with Crippen molar-refractivity contribution in [1.82, 2.24) is 5.32 Å². The van der Waals surface area contributed by atoms with Crippen molar-refractivity contribution >= 4 is 6.03 Å². The quantitative estimate of drug-likeness (QED) is 0.444. The predicted octanol–water partition coefficient (Wildman–Crippen LogP) is -0.966. The predicted molar refractivity (Wildman–Crippen MR) is 44.5 cm³/mol. The zero-order chi connectivity index (χ0) is 9.78. The Bertz CT molecular complexity index is 159. The van der Waals surface area contributed by atoms with E-state index in [4.69, 9.17) is 15.9 Å². The van der Waals surface area contributed by atoms with Crippen LogP contribution in [0, 0.1) is 5.41 Å². The highest BCUT2D eigenvalue weighted by molar-refractivity contribution is 5.72. The number of urea groups is 1. The van der Waals surface area contributed by atoms with Crippen LogP contribution in [0.15, 0.2) is 0 Å². The van der Waals surface area contributed by atoms with E-state index in [0.717, 1.165) is 0 Å². The number of hydrogen-bond acceptors (Lipinski definition) is 3. The number of hydrogen-bond donors (Lipinski definition) is 4. The highest BCUT2D eigenvalue weighted by Crippen LogP contribution is 2.18. The highest BCUT2D eigenvalue weighted by atomic mass is 16.3. The highest BCUT2D eigenvalue weighted by Gasteiger charge is 2.28. The van der Waals surface area contributed by atoms with Crippen LogP contribution >= 0.6 is 0 Å². The Morgan fingerprint density at radius 3 is 2.33 bits per heavy atom. The summed E-state index contributed by atoms with van der Waals surface area (Å²) in [5, 5.41) is 20.1. The Morgan fingerprint density at radius 1 is 1.58 bits per heavy atom. The molecular formula is C7H16N2O3. The molecule has 5 nitrogen and oxygen atoms in total. The average molecular weight is 176 g/mol. The molecule has 0 aromatic heterocycles. The fourth-order valence-corrected chi connectivity index (χ4v) is 0.770. The summed E-state index contributed by atoms with van der Waals surface area (Å²) in [5.41, 5.74) is 4.31. The van der Waals surface area contributed by atoms with E-state index in [1.165, 1.54) is 0 Å². The lowest BCUT2D eigenvalue weighted by Crippen LogP contribution is -2.50. The molecule has 0 fully saturated rings. The second-order valence-electron chi connectivity index (χ2n) is 3.39. The number of rotatable bonds is 4. The van der Waals surface area contributed by atoms with Crippen molar-refractivity contribution in [1.29, 1.82) is 0 Å². The van der Waals surface area contributed by atoms with Gasteiger partial charge in [0, 0.05) is 5.41 Å². The zero-order valence-electron chi connectivity index (χ0n) is 7.37. The molecule has 72 valence electrons. The minimum Gasteiger partial charge on any atom is -0.396 e. The van der Waals surface area contributed by atoms with E-state index >= 15 is 0 Å². The second kappa shape index (κ2) is 4.27. The van der Waals surface area contributed by atoms with E-state index in [-0.39, 0.29) is 13.2 Å². The molecule has 0 aliphatic heterocycles. The smallest absolute Gasteiger partial charge is 0.312 e. The van der Waals surface area contributed by atoms with Crippen LogP contribution in [0.5, 0.6) is 0 Å². The summed E-state index contributed by atoms with van der Waals surface area (Å²) in [7, 11) is 0. The van der Waals surface area contributed by atoms with Crippen LogP contribution in [0.2, 0.25) is 0 Å². The summed E-state index contributed by atoms with van der Waals surface area (Å²) in [5.74, 6) is 0. The largest absolute Gasteiger partial charge is 0.396 e. The lowest BCUT2D eigenvalue weighted by Gasteiger charge is -2.31. The van der Waals surface area contributed by atoms with Gasteiger partial charge in [0.2, 0.25) is 0 Å². The molecule has 0 heterocycles. The van der Waals surface area contributed by atoms with Crippen LogP contribution in [0.4, 0.5) is 4.79 Å². The molecule has 0 saturated heterocycles. The first-order valence-electron chi connectivity index (χ1n) is 3.71. The molecule has 0 aliphatic rings. The lowest BCUT2D eigenvalue weighted by molar-refractivity contribution is 0.0850. The third-order valence-electron chi connectivity index (χ3n) is 1.85. The van der Waals surface area contributed by atoms with Gasteiger partial charge in [-0.2, -0.15) is 0 Å². The fourth-order valence-electron chi connectivity index (χ4n) is 0.770. The number of nitrogens with two attached hydrogens (primary N) is 1. The number of primary amides is 1. The Labute approximate surface area is 71.6 Å². The van der Waals surface area contributed by atoms with Crippen LogP contribution < -0.4 is 11.1 Å². The van der Waals surface area contributed by atoms with Crippen LogP contribution in [-0.2, 0) is 0 Å². The molecule has 1 atom stereocenters. The maximum absolute atomic E-state index is 10.4. The molecule has 5 N–H and O–H groups in total. The summed E-state index contributed by atoms with van der Waals surface area (Å²) in [6, 6.07) is -1.21. The first kappa shape index (κ1) is 11.2. The summed E-state index contributed by atoms with van der Waals surface area (Å²) >= 11 is 0. The average Bonchev–Trinajstić information content (AvgIpc) is 1.99. The third kappa shape index (κ3) is 3.06. The normalized spacial score (nSPS) is 14.0. The summed E-state index contributed by atoms with van der Waals surface area (Å²) in [4.78, 5) is 10.4. The zero-order valence-corrected chi connectivity index (χ0v) is 7.37. The van der Waals surface area contributed by atoms with Gasteiger partial charge in [0.15, 0.2) is 0 Å². The van der Waals surface area contributed by atoms with Crippen molar-refractivity contribution in [2.45, 2.75) is 19.9 Å². The van der Waals surface area contributed by atoms with Crippen molar-refractivity contribution in [2.24, 2.45) is 11.1 Å². The van der Waals surface area contributed by atoms with Crippen LogP contribution in [-0.4, -0.2) is 35.5 Å². The molecule has 0 saturated carbocycles. The third-order valence-corrected chi connectivity index (χ3v) is 1.85. The van der Waals surface area contributed by atoms with Gasteiger partial charge < -0.3 is 21.3 Å². The van der Waals surface area contributed by atoms with Crippen LogP contribution in [0.25, 0.3) is 0 Å². The molecule has 0 radical (unpaired) electrons. The van der Waals surface area contributed by atoms with Gasteiger partial charge in [-0.1, -0.05) is 13.8 Å². The van der Waals surface area contributed by atoms with Crippen LogP contribution in [0.1, 0.15) is 13.8 Å². The van der Waals surface area contributed by atoms with Gasteiger partial charge in [0.25, 0.3) is 0 Å². The second-order valence-corrected chi connectivity index (χ2v) is 3.39. The molecular weight excluding hydrogens is 160 g/mol. The van der Waals surface area contributed by atoms with Gasteiger partial charge >= 0.3 is 6.03 Å². The van der Waals surface area contributed by atoms with E-state index < -0.39 is 17.5 Å². The molecule has 12 heavy (non-hydrogen) atoms. The van der Waals surface area contributed by atoms with Gasteiger partial charge in [0.05, 0.1) is 19.3 Å². The Hall–Kier alpha value is -0.810. The molecule has 0 spiro atoms. The van der Waals surface area contributed by atoms with Gasteiger partial charge in [0.1, 0.15) is 0 Å². The molecule has 0 rings (SSSR count). The molecule has 5 heteroatoms. The van der Waals surface area contributed by atoms with E-state index in [2.05, 4.69) is 5.32 Å².